The summed E-state index contributed by atoms with van der Waals surface area (Å²) in [4.78, 5) is 0. The molecule has 0 fully saturated rings. The molecule has 14 heavy (non-hydrogen) atoms. The second-order valence-corrected chi connectivity index (χ2v) is 2.62. The van der Waals surface area contributed by atoms with Crippen LogP contribution in [0, 0.1) is 0 Å². The molecule has 0 amide bonds. The normalized spacial score (nSPS) is 10.4. The van der Waals surface area contributed by atoms with Gasteiger partial charge in [-0.1, -0.05) is 0 Å². The zero-order valence-electron chi connectivity index (χ0n) is 6.96. The van der Waals surface area contributed by atoms with Crippen LogP contribution in [0.2, 0.25) is 0 Å². The van der Waals surface area contributed by atoms with Crippen molar-refractivity contribution in [3.8, 4) is 23.0 Å². The topological polar surface area (TPSA) is 80.9 Å². The second-order valence-electron chi connectivity index (χ2n) is 2.62. The fourth-order valence-corrected chi connectivity index (χ4v) is 1.08. The van der Waals surface area contributed by atoms with Gasteiger partial charge in [-0.05, 0) is 0 Å². The first-order valence-corrected chi connectivity index (χ1v) is 3.64. The number of aromatic hydroxyl groups is 4. The SMILES string of the molecule is Oc1c(O)c(O)c(CF)c(CF)c1O. The average Bonchev–Trinajstić information content (AvgIpc) is 2.20. The van der Waals surface area contributed by atoms with Gasteiger partial charge in [-0.2, -0.15) is 0 Å². The molecule has 0 bridgehead atoms. The number of phenols is 4. The molecule has 0 aromatic heterocycles. The molecule has 0 unspecified atom stereocenters. The van der Waals surface area contributed by atoms with Crippen LogP contribution in [-0.2, 0) is 13.3 Å². The van der Waals surface area contributed by atoms with Gasteiger partial charge >= 0.3 is 0 Å². The fraction of sp³-hybridized carbons (Fsp3) is 0.250. The summed E-state index contributed by atoms with van der Waals surface area (Å²) < 4.78 is 24.6. The Kier molecular flexibility index (Phi) is 2.64. The molecule has 1 aromatic rings. The fourth-order valence-electron chi connectivity index (χ4n) is 1.08. The smallest absolute Gasteiger partial charge is 0.204 e. The third-order valence-corrected chi connectivity index (χ3v) is 1.88. The first kappa shape index (κ1) is 10.4. The highest BCUT2D eigenvalue weighted by Gasteiger charge is 2.22. The molecule has 0 saturated heterocycles. The van der Waals surface area contributed by atoms with Crippen LogP contribution >= 0.6 is 0 Å². The van der Waals surface area contributed by atoms with E-state index < -0.39 is 47.5 Å². The number of benzene rings is 1. The van der Waals surface area contributed by atoms with Crippen molar-refractivity contribution in [2.75, 3.05) is 0 Å². The molecule has 0 spiro atoms. The lowest BCUT2D eigenvalue weighted by Gasteiger charge is -2.11. The Morgan fingerprint density at radius 2 is 0.929 bits per heavy atom. The van der Waals surface area contributed by atoms with Crippen molar-refractivity contribution in [2.45, 2.75) is 13.3 Å². The highest BCUT2D eigenvalue weighted by atomic mass is 19.1. The number of halogens is 2. The molecule has 0 heterocycles. The van der Waals surface area contributed by atoms with Gasteiger partial charge in [-0.25, -0.2) is 8.78 Å². The molecule has 6 heteroatoms. The summed E-state index contributed by atoms with van der Waals surface area (Å²) >= 11 is 0. The summed E-state index contributed by atoms with van der Waals surface area (Å²) in [5.41, 5.74) is -1.14. The molecule has 0 aliphatic rings. The predicted octanol–water partition coefficient (Wildman–Crippen LogP) is 1.45. The first-order chi connectivity index (χ1) is 6.54. The summed E-state index contributed by atoms with van der Waals surface area (Å²) in [5, 5.41) is 36.1. The first-order valence-electron chi connectivity index (χ1n) is 3.64. The maximum absolute atomic E-state index is 12.3. The van der Waals surface area contributed by atoms with E-state index in [-0.39, 0.29) is 0 Å². The molecule has 0 aliphatic carbocycles. The summed E-state index contributed by atoms with van der Waals surface area (Å²) in [7, 11) is 0. The number of hydrogen-bond acceptors (Lipinski definition) is 4. The number of alkyl halides is 2. The van der Waals surface area contributed by atoms with Gasteiger partial charge in [0.05, 0.1) is 0 Å². The van der Waals surface area contributed by atoms with Gasteiger partial charge < -0.3 is 20.4 Å². The monoisotopic (exact) mass is 206 g/mol. The minimum absolute atomic E-state index is 0.569. The third-order valence-electron chi connectivity index (χ3n) is 1.88. The van der Waals surface area contributed by atoms with E-state index in [9.17, 15) is 8.78 Å². The Labute approximate surface area is 77.7 Å². The summed E-state index contributed by atoms with van der Waals surface area (Å²) in [6, 6.07) is 0. The van der Waals surface area contributed by atoms with Crippen molar-refractivity contribution >= 4 is 0 Å². The Morgan fingerprint density at radius 1 is 0.643 bits per heavy atom. The van der Waals surface area contributed by atoms with Gasteiger partial charge in [0.25, 0.3) is 0 Å². The van der Waals surface area contributed by atoms with Crippen molar-refractivity contribution in [3.63, 3.8) is 0 Å². The van der Waals surface area contributed by atoms with E-state index >= 15 is 0 Å². The molecule has 78 valence electrons. The lowest BCUT2D eigenvalue weighted by molar-refractivity contribution is 0.328. The highest BCUT2D eigenvalue weighted by Crippen LogP contribution is 2.47. The van der Waals surface area contributed by atoms with Gasteiger partial charge in [0.1, 0.15) is 13.3 Å². The Morgan fingerprint density at radius 3 is 1.14 bits per heavy atom. The predicted molar refractivity (Wildman–Crippen MR) is 42.7 cm³/mol. The summed E-state index contributed by atoms with van der Waals surface area (Å²) in [6.45, 7) is -2.51. The van der Waals surface area contributed by atoms with Crippen LogP contribution in [0.3, 0.4) is 0 Å². The molecule has 0 saturated carbocycles. The standard InChI is InChI=1S/C8H8F2O4/c9-1-3-4(2-10)6(12)8(14)7(13)5(3)11/h11-14H,1-2H2. The Hall–Kier alpha value is -1.72. The zero-order valence-corrected chi connectivity index (χ0v) is 6.96. The van der Waals surface area contributed by atoms with Crippen molar-refractivity contribution in [1.82, 2.24) is 0 Å². The molecule has 0 radical (unpaired) electrons. The lowest BCUT2D eigenvalue weighted by Crippen LogP contribution is -1.92. The Balaban J connectivity index is 3.57. The van der Waals surface area contributed by atoms with Crippen molar-refractivity contribution in [3.05, 3.63) is 11.1 Å². The molecule has 4 N–H and O–H groups in total. The summed E-state index contributed by atoms with van der Waals surface area (Å²) in [5.74, 6) is -4.05. The summed E-state index contributed by atoms with van der Waals surface area (Å²) in [6.07, 6.45) is 0. The number of phenolic OH excluding ortho intramolecular Hbond substituents is 4. The molecular formula is C8H8F2O4. The zero-order chi connectivity index (χ0) is 10.9. The van der Waals surface area contributed by atoms with E-state index in [2.05, 4.69) is 0 Å². The minimum atomic E-state index is -1.26. The van der Waals surface area contributed by atoms with Crippen LogP contribution in [0.5, 0.6) is 23.0 Å². The van der Waals surface area contributed by atoms with Gasteiger partial charge in [-0.3, -0.25) is 0 Å². The van der Waals surface area contributed by atoms with E-state index in [1.165, 1.54) is 0 Å². The maximum Gasteiger partial charge on any atom is 0.204 e. The number of hydrogen-bond donors (Lipinski definition) is 4. The molecule has 1 rings (SSSR count). The van der Waals surface area contributed by atoms with Gasteiger partial charge in [0.15, 0.2) is 11.5 Å². The lowest BCUT2D eigenvalue weighted by atomic mass is 10.1. The van der Waals surface area contributed by atoms with Gasteiger partial charge in [0.2, 0.25) is 11.5 Å². The highest BCUT2D eigenvalue weighted by molar-refractivity contribution is 5.64. The average molecular weight is 206 g/mol. The van der Waals surface area contributed by atoms with Crippen LogP contribution in [0.15, 0.2) is 0 Å². The Bertz CT molecular complexity index is 330. The molecule has 0 aliphatic heterocycles. The van der Waals surface area contributed by atoms with E-state index in [4.69, 9.17) is 20.4 Å². The van der Waals surface area contributed by atoms with Crippen molar-refractivity contribution in [1.29, 1.82) is 0 Å². The third kappa shape index (κ3) is 1.28. The van der Waals surface area contributed by atoms with Gasteiger partial charge in [0, 0.05) is 11.1 Å². The maximum atomic E-state index is 12.3. The van der Waals surface area contributed by atoms with E-state index in [1.807, 2.05) is 0 Å². The quantitative estimate of drug-likeness (QED) is 0.436. The molecule has 0 atom stereocenters. The molecular weight excluding hydrogens is 198 g/mol. The van der Waals surface area contributed by atoms with Crippen LogP contribution < -0.4 is 0 Å². The van der Waals surface area contributed by atoms with Crippen molar-refractivity contribution < 1.29 is 29.2 Å². The molecule has 4 nitrogen and oxygen atoms in total. The van der Waals surface area contributed by atoms with E-state index in [0.29, 0.717) is 0 Å². The molecule has 1 aromatic carbocycles. The van der Waals surface area contributed by atoms with Crippen molar-refractivity contribution in [2.24, 2.45) is 0 Å². The van der Waals surface area contributed by atoms with Crippen LogP contribution in [0.4, 0.5) is 8.78 Å². The van der Waals surface area contributed by atoms with Crippen LogP contribution in [0.1, 0.15) is 11.1 Å². The largest absolute Gasteiger partial charge is 0.504 e. The second kappa shape index (κ2) is 3.57. The van der Waals surface area contributed by atoms with E-state index in [1.54, 1.807) is 0 Å². The number of rotatable bonds is 2. The van der Waals surface area contributed by atoms with Gasteiger partial charge in [-0.15, -0.1) is 0 Å². The van der Waals surface area contributed by atoms with Crippen LogP contribution in [0.25, 0.3) is 0 Å². The van der Waals surface area contributed by atoms with Crippen LogP contribution in [-0.4, -0.2) is 20.4 Å². The minimum Gasteiger partial charge on any atom is -0.504 e. The van der Waals surface area contributed by atoms with E-state index in [0.717, 1.165) is 0 Å².